The smallest absolute Gasteiger partial charge is 0.292 e. The number of carbonyl (C=O) groups excluding carboxylic acids is 3. The van der Waals surface area contributed by atoms with Gasteiger partial charge in [0.1, 0.15) is 6.54 Å². The molecule has 1 N–H and O–H groups in total. The number of ketones is 1. The maximum absolute atomic E-state index is 12.7. The van der Waals surface area contributed by atoms with Crippen LogP contribution in [0.4, 0.5) is 0 Å². The molecule has 144 valence electrons. The number of benzene rings is 1. The zero-order valence-electron chi connectivity index (χ0n) is 15.7. The first-order valence-electron chi connectivity index (χ1n) is 9.21. The Balaban J connectivity index is 1.84. The fourth-order valence-corrected chi connectivity index (χ4v) is 3.47. The highest BCUT2D eigenvalue weighted by molar-refractivity contribution is 6.45. The molecule has 1 aliphatic heterocycles. The summed E-state index contributed by atoms with van der Waals surface area (Å²) in [5, 5.41) is 3.31. The highest BCUT2D eigenvalue weighted by Crippen LogP contribution is 2.22. The van der Waals surface area contributed by atoms with E-state index in [-0.39, 0.29) is 18.5 Å². The first-order chi connectivity index (χ1) is 13.0. The van der Waals surface area contributed by atoms with Gasteiger partial charge in [0.25, 0.3) is 11.7 Å². The molecule has 0 radical (unpaired) electrons. The van der Waals surface area contributed by atoms with Crippen molar-refractivity contribution in [1.29, 1.82) is 0 Å². The Bertz CT molecular complexity index is 852. The minimum Gasteiger partial charge on any atom is -0.383 e. The molecule has 2 heterocycles. The highest BCUT2D eigenvalue weighted by Gasteiger charge is 2.24. The summed E-state index contributed by atoms with van der Waals surface area (Å²) >= 11 is 0. The lowest BCUT2D eigenvalue weighted by Gasteiger charge is -2.16. The van der Waals surface area contributed by atoms with E-state index in [0.29, 0.717) is 17.6 Å². The zero-order valence-corrected chi connectivity index (χ0v) is 15.7. The van der Waals surface area contributed by atoms with Crippen LogP contribution in [0.5, 0.6) is 0 Å². The third-order valence-corrected chi connectivity index (χ3v) is 4.80. The van der Waals surface area contributed by atoms with Crippen molar-refractivity contribution in [3.05, 3.63) is 36.0 Å². The molecule has 27 heavy (non-hydrogen) atoms. The SMILES string of the molecule is COCC(C)NC(=O)C(=O)c1cn(CC(=O)N2CCCC2)c2ccccc12. The number of nitrogens with zero attached hydrogens (tertiary/aromatic N) is 2. The Morgan fingerprint density at radius 1 is 1.19 bits per heavy atom. The summed E-state index contributed by atoms with van der Waals surface area (Å²) in [6.07, 6.45) is 3.67. The second-order valence-corrected chi connectivity index (χ2v) is 6.93. The number of nitrogens with one attached hydrogen (secondary N) is 1. The molecule has 1 fully saturated rings. The molecule has 1 atom stereocenters. The van der Waals surface area contributed by atoms with Gasteiger partial charge in [0.05, 0.1) is 12.2 Å². The van der Waals surface area contributed by atoms with Crippen molar-refractivity contribution in [3.8, 4) is 0 Å². The summed E-state index contributed by atoms with van der Waals surface area (Å²) in [4.78, 5) is 39.4. The molecule has 2 amide bonds. The number of Topliss-reactive ketones (excluding diaryl/α,β-unsaturated/α-hetero) is 1. The van der Waals surface area contributed by atoms with Gasteiger partial charge in [0.2, 0.25) is 5.91 Å². The van der Waals surface area contributed by atoms with Crippen LogP contribution in [0.1, 0.15) is 30.1 Å². The fourth-order valence-electron chi connectivity index (χ4n) is 3.47. The third kappa shape index (κ3) is 4.19. The van der Waals surface area contributed by atoms with Crippen LogP contribution in [0.2, 0.25) is 0 Å². The molecule has 1 saturated heterocycles. The van der Waals surface area contributed by atoms with E-state index in [1.807, 2.05) is 23.1 Å². The van der Waals surface area contributed by atoms with Crippen LogP contribution in [0.15, 0.2) is 30.5 Å². The van der Waals surface area contributed by atoms with Crippen LogP contribution >= 0.6 is 0 Å². The summed E-state index contributed by atoms with van der Waals surface area (Å²) in [5.74, 6) is -1.25. The number of ether oxygens (including phenoxy) is 1. The fraction of sp³-hybridized carbons (Fsp3) is 0.450. The largest absolute Gasteiger partial charge is 0.383 e. The molecule has 3 rings (SSSR count). The molecule has 1 unspecified atom stereocenters. The van der Waals surface area contributed by atoms with Crippen LogP contribution in [0, 0.1) is 0 Å². The highest BCUT2D eigenvalue weighted by atomic mass is 16.5. The average Bonchev–Trinajstić information content (AvgIpc) is 3.30. The van der Waals surface area contributed by atoms with Crippen molar-refractivity contribution in [2.75, 3.05) is 26.8 Å². The van der Waals surface area contributed by atoms with Crippen LogP contribution < -0.4 is 5.32 Å². The van der Waals surface area contributed by atoms with Gasteiger partial charge in [-0.25, -0.2) is 0 Å². The van der Waals surface area contributed by atoms with E-state index in [1.54, 1.807) is 23.8 Å². The molecular weight excluding hydrogens is 346 g/mol. The normalized spacial score (nSPS) is 15.1. The van der Waals surface area contributed by atoms with Gasteiger partial charge >= 0.3 is 0 Å². The van der Waals surface area contributed by atoms with Crippen molar-refractivity contribution in [2.24, 2.45) is 0 Å². The molecular formula is C20H25N3O4. The predicted octanol–water partition coefficient (Wildman–Crippen LogP) is 1.60. The second-order valence-electron chi connectivity index (χ2n) is 6.93. The van der Waals surface area contributed by atoms with Crippen molar-refractivity contribution in [2.45, 2.75) is 32.4 Å². The van der Waals surface area contributed by atoms with Crippen molar-refractivity contribution >= 4 is 28.5 Å². The number of likely N-dealkylation sites (tertiary alicyclic amines) is 1. The van der Waals surface area contributed by atoms with E-state index < -0.39 is 11.7 Å². The van der Waals surface area contributed by atoms with Crippen LogP contribution in [0.25, 0.3) is 10.9 Å². The summed E-state index contributed by atoms with van der Waals surface area (Å²) in [5.41, 5.74) is 1.08. The lowest BCUT2D eigenvalue weighted by Crippen LogP contribution is -2.39. The van der Waals surface area contributed by atoms with Gasteiger partial charge in [-0.2, -0.15) is 0 Å². The van der Waals surface area contributed by atoms with E-state index in [0.717, 1.165) is 31.4 Å². The molecule has 1 aromatic carbocycles. The monoisotopic (exact) mass is 371 g/mol. The number of para-hydroxylation sites is 1. The van der Waals surface area contributed by atoms with Crippen molar-refractivity contribution < 1.29 is 19.1 Å². The zero-order chi connectivity index (χ0) is 19.4. The first-order valence-corrected chi connectivity index (χ1v) is 9.21. The van der Waals surface area contributed by atoms with Gasteiger partial charge in [-0.3, -0.25) is 14.4 Å². The molecule has 7 nitrogen and oxygen atoms in total. The lowest BCUT2D eigenvalue weighted by molar-refractivity contribution is -0.130. The number of fused-ring (bicyclic) bond motifs is 1. The number of rotatable bonds is 7. The van der Waals surface area contributed by atoms with Crippen molar-refractivity contribution in [1.82, 2.24) is 14.8 Å². The van der Waals surface area contributed by atoms with Gasteiger partial charge in [-0.1, -0.05) is 18.2 Å². The Labute approximate surface area is 158 Å². The van der Waals surface area contributed by atoms with Gasteiger partial charge in [0.15, 0.2) is 0 Å². The molecule has 1 aliphatic rings. The third-order valence-electron chi connectivity index (χ3n) is 4.80. The maximum atomic E-state index is 12.7. The average molecular weight is 371 g/mol. The van der Waals surface area contributed by atoms with Gasteiger partial charge in [-0.05, 0) is 25.8 Å². The standard InChI is InChI=1S/C20H25N3O4/c1-14(13-27-2)21-20(26)19(25)16-11-23(17-8-4-3-7-15(16)17)12-18(24)22-9-5-6-10-22/h3-4,7-8,11,14H,5-6,9-10,12-13H2,1-2H3,(H,21,26). The number of hydrogen-bond acceptors (Lipinski definition) is 4. The number of carbonyl (C=O) groups is 3. The second kappa shape index (κ2) is 8.35. The minimum atomic E-state index is -0.673. The van der Waals surface area contributed by atoms with E-state index in [9.17, 15) is 14.4 Å². The van der Waals surface area contributed by atoms with Gasteiger partial charge in [-0.15, -0.1) is 0 Å². The van der Waals surface area contributed by atoms with E-state index in [1.165, 1.54) is 7.11 Å². The molecule has 0 bridgehead atoms. The van der Waals surface area contributed by atoms with Crippen molar-refractivity contribution in [3.63, 3.8) is 0 Å². The number of aromatic nitrogens is 1. The minimum absolute atomic E-state index is 0.0328. The first kappa shape index (κ1) is 19.1. The quantitative estimate of drug-likeness (QED) is 0.592. The summed E-state index contributed by atoms with van der Waals surface area (Å²) in [6, 6.07) is 7.06. The predicted molar refractivity (Wildman–Crippen MR) is 102 cm³/mol. The number of amides is 2. The maximum Gasteiger partial charge on any atom is 0.292 e. The molecule has 0 saturated carbocycles. The van der Waals surface area contributed by atoms with Crippen LogP contribution in [0.3, 0.4) is 0 Å². The molecule has 0 spiro atoms. The topological polar surface area (TPSA) is 80.6 Å². The molecule has 7 heteroatoms. The van der Waals surface area contributed by atoms with Gasteiger partial charge in [0, 0.05) is 43.3 Å². The Morgan fingerprint density at radius 2 is 1.89 bits per heavy atom. The van der Waals surface area contributed by atoms with Gasteiger partial charge < -0.3 is 19.5 Å². The number of hydrogen-bond donors (Lipinski definition) is 1. The van der Waals surface area contributed by atoms with E-state index in [2.05, 4.69) is 5.32 Å². The Morgan fingerprint density at radius 3 is 2.59 bits per heavy atom. The van der Waals surface area contributed by atoms with E-state index >= 15 is 0 Å². The van der Waals surface area contributed by atoms with E-state index in [4.69, 9.17) is 4.74 Å². The Kier molecular flexibility index (Phi) is 5.91. The Hall–Kier alpha value is -2.67. The van der Waals surface area contributed by atoms with Crippen LogP contribution in [-0.4, -0.2) is 59.9 Å². The molecule has 2 aromatic rings. The summed E-state index contributed by atoms with van der Waals surface area (Å²) < 4.78 is 6.74. The number of methoxy groups -OCH3 is 1. The molecule has 1 aromatic heterocycles. The summed E-state index contributed by atoms with van der Waals surface area (Å²) in [7, 11) is 1.54. The van der Waals surface area contributed by atoms with Crippen LogP contribution in [-0.2, 0) is 20.9 Å². The summed E-state index contributed by atoms with van der Waals surface area (Å²) in [6.45, 7) is 3.82. The molecule has 0 aliphatic carbocycles. The lowest BCUT2D eigenvalue weighted by atomic mass is 10.1.